The van der Waals surface area contributed by atoms with Gasteiger partial charge < -0.3 is 10.6 Å². The van der Waals surface area contributed by atoms with Crippen LogP contribution in [0.1, 0.15) is 12.6 Å². The van der Waals surface area contributed by atoms with Gasteiger partial charge in [0.15, 0.2) is 10.8 Å². The van der Waals surface area contributed by atoms with E-state index in [-0.39, 0.29) is 10.8 Å². The van der Waals surface area contributed by atoms with E-state index in [0.717, 1.165) is 11.8 Å². The van der Waals surface area contributed by atoms with Gasteiger partial charge >= 0.3 is 0 Å². The quantitative estimate of drug-likeness (QED) is 0.640. The van der Waals surface area contributed by atoms with E-state index in [2.05, 4.69) is 15.0 Å². The van der Waals surface area contributed by atoms with Crippen molar-refractivity contribution in [2.75, 3.05) is 18.6 Å². The van der Waals surface area contributed by atoms with Crippen molar-refractivity contribution in [1.82, 2.24) is 4.98 Å². The first kappa shape index (κ1) is 12.0. The molecule has 1 aromatic heterocycles. The summed E-state index contributed by atoms with van der Waals surface area (Å²) in [5.74, 6) is 0.682. The molecule has 1 rings (SSSR count). The van der Waals surface area contributed by atoms with Gasteiger partial charge in [0, 0.05) is 5.38 Å². The van der Waals surface area contributed by atoms with E-state index in [1.807, 2.05) is 6.92 Å². The SMILES string of the molecule is CCSC(=O)C(=NOC)c1csc(N)n1. The average molecular weight is 245 g/mol. The number of anilines is 1. The lowest BCUT2D eigenvalue weighted by molar-refractivity contribution is -0.105. The molecule has 0 unspecified atom stereocenters. The van der Waals surface area contributed by atoms with E-state index in [1.165, 1.54) is 18.4 Å². The molecule has 82 valence electrons. The fourth-order valence-corrected chi connectivity index (χ4v) is 1.96. The Morgan fingerprint density at radius 2 is 2.53 bits per heavy atom. The number of carbonyl (C=O) groups excluding carboxylic acids is 1. The highest BCUT2D eigenvalue weighted by molar-refractivity contribution is 8.15. The van der Waals surface area contributed by atoms with Crippen molar-refractivity contribution in [3.8, 4) is 0 Å². The molecule has 0 fully saturated rings. The summed E-state index contributed by atoms with van der Waals surface area (Å²) < 4.78 is 0. The molecule has 15 heavy (non-hydrogen) atoms. The molecule has 0 aliphatic rings. The van der Waals surface area contributed by atoms with E-state index in [9.17, 15) is 4.79 Å². The molecule has 0 aliphatic carbocycles. The van der Waals surface area contributed by atoms with Gasteiger partial charge in [-0.2, -0.15) is 0 Å². The predicted octanol–water partition coefficient (Wildman–Crippen LogP) is 1.36. The number of nitrogens with two attached hydrogens (primary N) is 1. The number of carbonyl (C=O) groups is 1. The lowest BCUT2D eigenvalue weighted by Crippen LogP contribution is -2.13. The summed E-state index contributed by atoms with van der Waals surface area (Å²) in [6.07, 6.45) is 0. The summed E-state index contributed by atoms with van der Waals surface area (Å²) in [5, 5.41) is 5.59. The maximum Gasteiger partial charge on any atom is 0.243 e. The number of nitrogens with zero attached hydrogens (tertiary/aromatic N) is 2. The molecular weight excluding hydrogens is 234 g/mol. The van der Waals surface area contributed by atoms with E-state index >= 15 is 0 Å². The van der Waals surface area contributed by atoms with Crippen LogP contribution in [-0.2, 0) is 9.63 Å². The number of nitrogen functional groups attached to an aromatic ring is 1. The van der Waals surface area contributed by atoms with Gasteiger partial charge in [0.25, 0.3) is 0 Å². The number of thioether (sulfide) groups is 1. The number of aromatic nitrogens is 1. The first-order valence-electron chi connectivity index (χ1n) is 4.18. The Kier molecular flexibility index (Phi) is 4.57. The maximum absolute atomic E-state index is 11.6. The van der Waals surface area contributed by atoms with Crippen molar-refractivity contribution in [2.45, 2.75) is 6.92 Å². The van der Waals surface area contributed by atoms with Crippen LogP contribution in [0, 0.1) is 0 Å². The lowest BCUT2D eigenvalue weighted by atomic mass is 10.3. The van der Waals surface area contributed by atoms with Crippen LogP contribution in [0.3, 0.4) is 0 Å². The third-order valence-corrected chi connectivity index (χ3v) is 2.83. The van der Waals surface area contributed by atoms with Gasteiger partial charge in [0.2, 0.25) is 5.12 Å². The Morgan fingerprint density at radius 1 is 1.80 bits per heavy atom. The summed E-state index contributed by atoms with van der Waals surface area (Å²) in [4.78, 5) is 20.2. The molecule has 0 aliphatic heterocycles. The van der Waals surface area contributed by atoms with Crippen molar-refractivity contribution in [3.63, 3.8) is 0 Å². The summed E-state index contributed by atoms with van der Waals surface area (Å²) in [6.45, 7) is 1.89. The second kappa shape index (κ2) is 5.72. The third kappa shape index (κ3) is 3.21. The van der Waals surface area contributed by atoms with Gasteiger partial charge in [0.05, 0.1) is 0 Å². The zero-order valence-electron chi connectivity index (χ0n) is 8.39. The molecular formula is C8H11N3O2S2. The number of hydrogen-bond acceptors (Lipinski definition) is 7. The largest absolute Gasteiger partial charge is 0.398 e. The minimum atomic E-state index is -0.162. The zero-order chi connectivity index (χ0) is 11.3. The molecule has 2 N–H and O–H groups in total. The molecule has 0 amide bonds. The minimum Gasteiger partial charge on any atom is -0.398 e. The fraction of sp³-hybridized carbons (Fsp3) is 0.375. The lowest BCUT2D eigenvalue weighted by Gasteiger charge is -1.99. The molecule has 0 atom stereocenters. The maximum atomic E-state index is 11.6. The fourth-order valence-electron chi connectivity index (χ4n) is 0.876. The number of oxime groups is 1. The zero-order valence-corrected chi connectivity index (χ0v) is 10.0. The molecule has 0 spiro atoms. The second-order valence-corrected chi connectivity index (χ2v) is 4.54. The molecule has 0 aromatic carbocycles. The van der Waals surface area contributed by atoms with E-state index in [1.54, 1.807) is 5.38 Å². The summed E-state index contributed by atoms with van der Waals surface area (Å²) in [6, 6.07) is 0. The molecule has 5 nitrogen and oxygen atoms in total. The molecule has 0 saturated heterocycles. The van der Waals surface area contributed by atoms with Crippen LogP contribution in [0.2, 0.25) is 0 Å². The van der Waals surface area contributed by atoms with Gasteiger partial charge in [-0.1, -0.05) is 23.8 Å². The van der Waals surface area contributed by atoms with Gasteiger partial charge in [0.1, 0.15) is 12.8 Å². The predicted molar refractivity (Wildman–Crippen MR) is 63.2 cm³/mol. The molecule has 0 radical (unpaired) electrons. The molecule has 1 aromatic rings. The van der Waals surface area contributed by atoms with Gasteiger partial charge in [-0.3, -0.25) is 4.79 Å². The van der Waals surface area contributed by atoms with Crippen LogP contribution in [0.15, 0.2) is 10.5 Å². The highest BCUT2D eigenvalue weighted by Crippen LogP contribution is 2.15. The molecule has 1 heterocycles. The van der Waals surface area contributed by atoms with Gasteiger partial charge in [-0.05, 0) is 5.75 Å². The van der Waals surface area contributed by atoms with Crippen LogP contribution in [0.4, 0.5) is 5.13 Å². The van der Waals surface area contributed by atoms with Crippen LogP contribution < -0.4 is 5.73 Å². The highest BCUT2D eigenvalue weighted by Gasteiger charge is 2.17. The van der Waals surface area contributed by atoms with Gasteiger partial charge in [-0.25, -0.2) is 4.98 Å². The Bertz CT molecular complexity index is 376. The van der Waals surface area contributed by atoms with Crippen LogP contribution in [-0.4, -0.2) is 28.7 Å². The Hall–Kier alpha value is -1.08. The highest BCUT2D eigenvalue weighted by atomic mass is 32.2. The molecule has 0 saturated carbocycles. The van der Waals surface area contributed by atoms with Crippen molar-refractivity contribution >= 4 is 39.1 Å². The normalized spacial score (nSPS) is 11.5. The van der Waals surface area contributed by atoms with Crippen LogP contribution in [0.25, 0.3) is 0 Å². The molecule has 0 bridgehead atoms. The standard InChI is InChI=1S/C8H11N3O2S2/c1-3-14-7(12)6(11-13-2)5-4-15-8(9)10-5/h4H,3H2,1-2H3,(H2,9,10). The Labute approximate surface area is 95.7 Å². The van der Waals surface area contributed by atoms with Crippen LogP contribution in [0.5, 0.6) is 0 Å². The number of thiazole rings is 1. The summed E-state index contributed by atoms with van der Waals surface area (Å²) in [7, 11) is 1.39. The smallest absolute Gasteiger partial charge is 0.243 e. The van der Waals surface area contributed by atoms with E-state index in [4.69, 9.17) is 5.73 Å². The van der Waals surface area contributed by atoms with Crippen molar-refractivity contribution < 1.29 is 9.63 Å². The average Bonchev–Trinajstić information content (AvgIpc) is 2.61. The second-order valence-electron chi connectivity index (χ2n) is 2.41. The summed E-state index contributed by atoms with van der Waals surface area (Å²) >= 11 is 2.42. The first-order chi connectivity index (χ1) is 7.19. The third-order valence-electron chi connectivity index (χ3n) is 1.42. The van der Waals surface area contributed by atoms with Crippen molar-refractivity contribution in [1.29, 1.82) is 0 Å². The Balaban J connectivity index is 2.93. The van der Waals surface area contributed by atoms with Crippen molar-refractivity contribution in [3.05, 3.63) is 11.1 Å². The monoisotopic (exact) mass is 245 g/mol. The Morgan fingerprint density at radius 3 is 3.00 bits per heavy atom. The molecule has 7 heteroatoms. The van der Waals surface area contributed by atoms with Crippen LogP contribution >= 0.6 is 23.1 Å². The van der Waals surface area contributed by atoms with Crippen molar-refractivity contribution in [2.24, 2.45) is 5.16 Å². The number of rotatable bonds is 4. The van der Waals surface area contributed by atoms with E-state index < -0.39 is 0 Å². The topological polar surface area (TPSA) is 77.6 Å². The first-order valence-corrected chi connectivity index (χ1v) is 6.05. The van der Waals surface area contributed by atoms with E-state index in [0.29, 0.717) is 16.6 Å². The minimum absolute atomic E-state index is 0.162. The summed E-state index contributed by atoms with van der Waals surface area (Å²) in [5.41, 5.74) is 6.15. The van der Waals surface area contributed by atoms with Gasteiger partial charge in [-0.15, -0.1) is 11.3 Å². The number of hydrogen-bond donors (Lipinski definition) is 1.